The van der Waals surface area contributed by atoms with Crippen LogP contribution in [0, 0.1) is 17.0 Å². The van der Waals surface area contributed by atoms with Crippen LogP contribution >= 0.6 is 0 Å². The Hall–Kier alpha value is -4.03. The van der Waals surface area contributed by atoms with Gasteiger partial charge in [-0.2, -0.15) is 18.2 Å². The Labute approximate surface area is 178 Å². The topological polar surface area (TPSA) is 140 Å². The van der Waals surface area contributed by atoms with Gasteiger partial charge in [0.05, 0.1) is 29.0 Å². The van der Waals surface area contributed by atoms with Crippen LogP contribution in [0.25, 0.3) is 11.0 Å². The van der Waals surface area contributed by atoms with Gasteiger partial charge in [-0.05, 0) is 31.5 Å². The molecule has 1 atom stereocenters. The Morgan fingerprint density at radius 3 is 2.47 bits per heavy atom. The van der Waals surface area contributed by atoms with Crippen LogP contribution in [-0.4, -0.2) is 38.1 Å². The summed E-state index contributed by atoms with van der Waals surface area (Å²) in [6, 6.07) is 2.63. The Balaban J connectivity index is 2.11. The zero-order valence-electron chi connectivity index (χ0n) is 16.9. The lowest BCUT2D eigenvalue weighted by molar-refractivity contribution is -0.385. The van der Waals surface area contributed by atoms with E-state index < -0.39 is 34.4 Å². The van der Waals surface area contributed by atoms with Gasteiger partial charge in [0.25, 0.3) is 5.69 Å². The monoisotopic (exact) mass is 451 g/mol. The minimum absolute atomic E-state index is 0.0177. The number of anilines is 1. The number of ether oxygens (including phenoxy) is 1. The predicted molar refractivity (Wildman–Crippen MR) is 106 cm³/mol. The summed E-state index contributed by atoms with van der Waals surface area (Å²) in [5.74, 6) is -1.14. The Morgan fingerprint density at radius 1 is 1.22 bits per heavy atom. The van der Waals surface area contributed by atoms with Crippen molar-refractivity contribution in [3.63, 3.8) is 0 Å². The molecule has 13 heteroatoms. The number of halogens is 3. The fraction of sp³-hybridized carbons (Fsp3) is 0.263. The summed E-state index contributed by atoms with van der Waals surface area (Å²) < 4.78 is 44.6. The second-order valence-electron chi connectivity index (χ2n) is 6.78. The quantitative estimate of drug-likeness (QED) is 0.418. The number of aromatic nitrogens is 3. The molecule has 0 spiro atoms. The van der Waals surface area contributed by atoms with Crippen molar-refractivity contribution in [3.05, 3.63) is 56.9 Å². The number of fused-ring (bicyclic) bond motifs is 1. The number of nitrogens with one attached hydrogen (secondary N) is 1. The number of hydrogen-bond donors (Lipinski definition) is 2. The third-order valence-electron chi connectivity index (χ3n) is 4.52. The lowest BCUT2D eigenvalue weighted by atomic mass is 10.0. The van der Waals surface area contributed by atoms with Crippen molar-refractivity contribution in [2.24, 2.45) is 0 Å². The van der Waals surface area contributed by atoms with Crippen LogP contribution in [0.15, 0.2) is 24.3 Å². The number of methoxy groups -OCH3 is 1. The lowest BCUT2D eigenvalue weighted by Crippen LogP contribution is -2.13. The summed E-state index contributed by atoms with van der Waals surface area (Å²) in [5.41, 5.74) is -2.07. The lowest BCUT2D eigenvalue weighted by Gasteiger charge is -2.18. The number of aryl methyl sites for hydroxylation is 1. The number of benzene rings is 1. The van der Waals surface area contributed by atoms with Gasteiger partial charge >= 0.3 is 12.1 Å². The minimum atomic E-state index is -4.78. The molecule has 0 saturated carbocycles. The molecule has 2 heterocycles. The fourth-order valence-electron chi connectivity index (χ4n) is 3.01. The van der Waals surface area contributed by atoms with Gasteiger partial charge in [-0.25, -0.2) is 14.8 Å². The Bertz CT molecular complexity index is 1230. The number of alkyl halides is 3. The molecule has 0 radical (unpaired) electrons. The third-order valence-corrected chi connectivity index (χ3v) is 4.52. The van der Waals surface area contributed by atoms with Crippen LogP contribution in [0.1, 0.15) is 40.3 Å². The van der Waals surface area contributed by atoms with Gasteiger partial charge in [-0.1, -0.05) is 0 Å². The van der Waals surface area contributed by atoms with E-state index in [1.54, 1.807) is 6.92 Å². The largest absolute Gasteiger partial charge is 0.480 e. The number of rotatable bonds is 6. The summed E-state index contributed by atoms with van der Waals surface area (Å²) in [4.78, 5) is 34.1. The Morgan fingerprint density at radius 2 is 1.91 bits per heavy atom. The molecule has 0 saturated heterocycles. The van der Waals surface area contributed by atoms with E-state index >= 15 is 0 Å². The molecule has 0 aliphatic rings. The highest BCUT2D eigenvalue weighted by Crippen LogP contribution is 2.35. The van der Waals surface area contributed by atoms with Crippen LogP contribution in [0.5, 0.6) is 5.88 Å². The molecular formula is C19H16F3N5O5. The molecule has 0 fully saturated rings. The van der Waals surface area contributed by atoms with Crippen LogP contribution in [0.2, 0.25) is 0 Å². The number of nitrogens with zero attached hydrogens (tertiary/aromatic N) is 4. The zero-order valence-corrected chi connectivity index (χ0v) is 16.9. The predicted octanol–water partition coefficient (Wildman–Crippen LogP) is 4.14. The van der Waals surface area contributed by atoms with Crippen molar-refractivity contribution < 1.29 is 32.7 Å². The average molecular weight is 451 g/mol. The van der Waals surface area contributed by atoms with E-state index in [1.165, 1.54) is 20.1 Å². The first-order valence-corrected chi connectivity index (χ1v) is 9.00. The third kappa shape index (κ3) is 4.50. The van der Waals surface area contributed by atoms with E-state index in [0.717, 1.165) is 12.1 Å². The molecule has 0 aliphatic carbocycles. The first-order chi connectivity index (χ1) is 14.9. The molecule has 0 amide bonds. The highest BCUT2D eigenvalue weighted by atomic mass is 19.4. The second kappa shape index (κ2) is 8.24. The van der Waals surface area contributed by atoms with Gasteiger partial charge in [0.15, 0.2) is 5.65 Å². The van der Waals surface area contributed by atoms with Gasteiger partial charge in [0.2, 0.25) is 5.88 Å². The summed E-state index contributed by atoms with van der Waals surface area (Å²) in [6.45, 7) is 3.03. The van der Waals surface area contributed by atoms with Crippen molar-refractivity contribution in [2.45, 2.75) is 26.1 Å². The number of nitro benzene ring substituents is 1. The van der Waals surface area contributed by atoms with Crippen LogP contribution in [0.4, 0.5) is 24.7 Å². The first kappa shape index (κ1) is 22.7. The van der Waals surface area contributed by atoms with Crippen molar-refractivity contribution in [1.82, 2.24) is 15.0 Å². The summed E-state index contributed by atoms with van der Waals surface area (Å²) in [5, 5.41) is 23.6. The van der Waals surface area contributed by atoms with E-state index in [2.05, 4.69) is 20.3 Å². The van der Waals surface area contributed by atoms with Gasteiger partial charge in [-0.3, -0.25) is 10.1 Å². The zero-order chi connectivity index (χ0) is 23.8. The molecule has 3 aromatic rings. The van der Waals surface area contributed by atoms with Gasteiger partial charge < -0.3 is 15.2 Å². The second-order valence-corrected chi connectivity index (χ2v) is 6.78. The number of nitro groups is 1. The van der Waals surface area contributed by atoms with Crippen LogP contribution in [0.3, 0.4) is 0 Å². The smallest absolute Gasteiger partial charge is 0.416 e. The number of hydrogen-bond acceptors (Lipinski definition) is 8. The van der Waals surface area contributed by atoms with Crippen molar-refractivity contribution in [2.75, 3.05) is 12.4 Å². The fourth-order valence-corrected chi connectivity index (χ4v) is 3.01. The van der Waals surface area contributed by atoms with Crippen molar-refractivity contribution in [3.8, 4) is 5.88 Å². The molecular weight excluding hydrogens is 435 g/mol. The van der Waals surface area contributed by atoms with E-state index in [9.17, 15) is 33.2 Å². The maximum atomic E-state index is 13.2. The number of aromatic carboxylic acids is 1. The minimum Gasteiger partial charge on any atom is -0.480 e. The van der Waals surface area contributed by atoms with Crippen LogP contribution < -0.4 is 10.1 Å². The van der Waals surface area contributed by atoms with Gasteiger partial charge in [0.1, 0.15) is 17.2 Å². The highest BCUT2D eigenvalue weighted by molar-refractivity contribution is 5.97. The maximum absolute atomic E-state index is 13.2. The summed E-state index contributed by atoms with van der Waals surface area (Å²) in [7, 11) is 1.25. The normalized spacial score (nSPS) is 12.4. The molecule has 0 bridgehead atoms. The van der Waals surface area contributed by atoms with E-state index in [1.807, 2.05) is 0 Å². The van der Waals surface area contributed by atoms with Crippen molar-refractivity contribution in [1.29, 1.82) is 0 Å². The van der Waals surface area contributed by atoms with Gasteiger partial charge in [0, 0.05) is 12.1 Å². The molecule has 168 valence electrons. The molecule has 2 aromatic heterocycles. The molecule has 0 unspecified atom stereocenters. The molecule has 1 aromatic carbocycles. The molecule has 3 rings (SSSR count). The maximum Gasteiger partial charge on any atom is 0.416 e. The van der Waals surface area contributed by atoms with Gasteiger partial charge in [-0.15, -0.1) is 0 Å². The number of carboxylic acid groups (broad SMARTS) is 1. The first-order valence-electron chi connectivity index (χ1n) is 9.00. The number of non-ortho nitro benzene ring substituents is 1. The van der Waals surface area contributed by atoms with E-state index in [-0.39, 0.29) is 39.7 Å². The van der Waals surface area contributed by atoms with E-state index in [4.69, 9.17) is 4.74 Å². The number of carboxylic acids is 1. The SMILES string of the molecule is COc1nc2nc(C)nc(N[C@H](C)c3cc([N+](=O)[O-])cc(C(F)(F)F)c3)c2cc1C(=O)O. The molecule has 2 N–H and O–H groups in total. The molecule has 10 nitrogen and oxygen atoms in total. The average Bonchev–Trinajstić information content (AvgIpc) is 2.71. The van der Waals surface area contributed by atoms with E-state index in [0.29, 0.717) is 6.07 Å². The molecule has 32 heavy (non-hydrogen) atoms. The summed E-state index contributed by atoms with van der Waals surface area (Å²) in [6.07, 6.45) is -4.78. The van der Waals surface area contributed by atoms with Crippen LogP contribution in [-0.2, 0) is 6.18 Å². The van der Waals surface area contributed by atoms with Crippen molar-refractivity contribution >= 4 is 28.5 Å². The Kier molecular flexibility index (Phi) is 5.84. The number of pyridine rings is 1. The molecule has 0 aliphatic heterocycles. The standard InChI is InChI=1S/C19H16F3N5O5/c1-8(10-4-11(19(20,21)22)6-12(5-10)27(30)31)23-15-13-7-14(18(28)29)17(32-3)26-16(13)25-9(2)24-15/h4-8H,1-3H3,(H,28,29)(H,23,24,25,26)/t8-/m1/s1. The number of carbonyl (C=O) groups is 1. The highest BCUT2D eigenvalue weighted by Gasteiger charge is 2.33. The summed E-state index contributed by atoms with van der Waals surface area (Å²) >= 11 is 0.